The van der Waals surface area contributed by atoms with Gasteiger partial charge in [0.15, 0.2) is 11.6 Å². The maximum Gasteiger partial charge on any atom is 0.165 e. The van der Waals surface area contributed by atoms with Gasteiger partial charge in [0.1, 0.15) is 6.61 Å². The number of rotatable bonds is 7. The van der Waals surface area contributed by atoms with Crippen molar-refractivity contribution < 1.29 is 9.13 Å². The number of ether oxygens (including phenoxy) is 1. The quantitative estimate of drug-likeness (QED) is 0.836. The summed E-state index contributed by atoms with van der Waals surface area (Å²) in [6.45, 7) is 8.57. The molecule has 2 rings (SSSR count). The van der Waals surface area contributed by atoms with Crippen molar-refractivity contribution in [1.29, 1.82) is 0 Å². The van der Waals surface area contributed by atoms with Gasteiger partial charge in [0, 0.05) is 19.1 Å². The molecule has 0 unspecified atom stereocenters. The minimum Gasteiger partial charge on any atom is -0.489 e. The van der Waals surface area contributed by atoms with Crippen molar-refractivity contribution in [3.63, 3.8) is 0 Å². The van der Waals surface area contributed by atoms with Crippen molar-refractivity contribution in [3.05, 3.63) is 29.6 Å². The third-order valence-electron chi connectivity index (χ3n) is 3.82. The molecule has 1 aliphatic heterocycles. The number of hydrogen-bond acceptors (Lipinski definition) is 3. The van der Waals surface area contributed by atoms with E-state index in [2.05, 4.69) is 24.1 Å². The van der Waals surface area contributed by atoms with Gasteiger partial charge in [0.2, 0.25) is 0 Å². The van der Waals surface area contributed by atoms with E-state index in [0.717, 1.165) is 25.2 Å². The average molecular weight is 294 g/mol. The van der Waals surface area contributed by atoms with E-state index in [4.69, 9.17) is 4.74 Å². The molecule has 118 valence electrons. The zero-order valence-electron chi connectivity index (χ0n) is 13.2. The van der Waals surface area contributed by atoms with Gasteiger partial charge in [-0.1, -0.05) is 26.3 Å². The number of nitrogens with one attached hydrogen (secondary N) is 1. The molecule has 1 fully saturated rings. The molecule has 1 aliphatic rings. The summed E-state index contributed by atoms with van der Waals surface area (Å²) in [4.78, 5) is 2.39. The van der Waals surface area contributed by atoms with E-state index in [9.17, 15) is 4.39 Å². The van der Waals surface area contributed by atoms with Gasteiger partial charge < -0.3 is 10.1 Å². The van der Waals surface area contributed by atoms with Crippen LogP contribution in [-0.2, 0) is 6.54 Å². The van der Waals surface area contributed by atoms with E-state index in [1.54, 1.807) is 12.1 Å². The highest BCUT2D eigenvalue weighted by Crippen LogP contribution is 2.18. The van der Waals surface area contributed by atoms with Crippen LogP contribution in [0.3, 0.4) is 0 Å². The van der Waals surface area contributed by atoms with Crippen molar-refractivity contribution in [2.75, 3.05) is 26.2 Å². The van der Waals surface area contributed by atoms with Gasteiger partial charge in [-0.2, -0.15) is 0 Å². The Morgan fingerprint density at radius 3 is 2.67 bits per heavy atom. The Hall–Kier alpha value is -1.13. The van der Waals surface area contributed by atoms with Crippen molar-refractivity contribution in [2.24, 2.45) is 0 Å². The summed E-state index contributed by atoms with van der Waals surface area (Å²) in [5.41, 5.74) is 0.949. The van der Waals surface area contributed by atoms with E-state index >= 15 is 0 Å². The maximum atomic E-state index is 14.0. The molecule has 3 nitrogen and oxygen atoms in total. The Kier molecular flexibility index (Phi) is 6.46. The summed E-state index contributed by atoms with van der Waals surface area (Å²) in [5, 5.41) is 3.28. The van der Waals surface area contributed by atoms with Gasteiger partial charge in [-0.05, 0) is 43.6 Å². The molecule has 1 aromatic rings. The number of benzene rings is 1. The second-order valence-electron chi connectivity index (χ2n) is 6.05. The Labute approximate surface area is 127 Å². The maximum absolute atomic E-state index is 14.0. The minimum atomic E-state index is -0.267. The second kappa shape index (κ2) is 8.35. The first-order valence-corrected chi connectivity index (χ1v) is 8.02. The lowest BCUT2D eigenvalue weighted by Crippen LogP contribution is -2.33. The molecule has 4 heteroatoms. The van der Waals surface area contributed by atoms with Gasteiger partial charge in [-0.3, -0.25) is 4.90 Å². The van der Waals surface area contributed by atoms with Crippen LogP contribution in [0, 0.1) is 5.82 Å². The Morgan fingerprint density at radius 1 is 1.24 bits per heavy atom. The average Bonchev–Trinajstić information content (AvgIpc) is 2.48. The fraction of sp³-hybridized carbons (Fsp3) is 0.647. The number of piperidine rings is 1. The van der Waals surface area contributed by atoms with Gasteiger partial charge in [0.25, 0.3) is 0 Å². The van der Waals surface area contributed by atoms with Crippen LogP contribution < -0.4 is 10.1 Å². The van der Waals surface area contributed by atoms with Crippen LogP contribution >= 0.6 is 0 Å². The summed E-state index contributed by atoms with van der Waals surface area (Å²) in [5.74, 6) is 0.0945. The summed E-state index contributed by atoms with van der Waals surface area (Å²) in [6.07, 6.45) is 3.87. The first kappa shape index (κ1) is 16.2. The molecule has 1 aromatic carbocycles. The van der Waals surface area contributed by atoms with Crippen LogP contribution in [0.25, 0.3) is 0 Å². The van der Waals surface area contributed by atoms with E-state index in [1.165, 1.54) is 19.3 Å². The lowest BCUT2D eigenvalue weighted by molar-refractivity contribution is 0.180. The zero-order valence-corrected chi connectivity index (χ0v) is 13.2. The Balaban J connectivity index is 1.77. The molecule has 21 heavy (non-hydrogen) atoms. The van der Waals surface area contributed by atoms with Crippen LogP contribution in [0.15, 0.2) is 18.2 Å². The van der Waals surface area contributed by atoms with Crippen LogP contribution in [0.5, 0.6) is 5.75 Å². The molecule has 0 bridgehead atoms. The number of hydrogen-bond donors (Lipinski definition) is 1. The molecule has 1 heterocycles. The summed E-state index contributed by atoms with van der Waals surface area (Å²) in [6, 6.07) is 5.62. The first-order valence-electron chi connectivity index (χ1n) is 8.02. The first-order chi connectivity index (χ1) is 10.1. The molecule has 1 saturated heterocycles. The molecule has 0 amide bonds. The summed E-state index contributed by atoms with van der Waals surface area (Å²) < 4.78 is 19.6. The Bertz CT molecular complexity index is 431. The largest absolute Gasteiger partial charge is 0.489 e. The van der Waals surface area contributed by atoms with Crippen molar-refractivity contribution in [1.82, 2.24) is 10.2 Å². The molecule has 0 aliphatic carbocycles. The van der Waals surface area contributed by atoms with E-state index < -0.39 is 0 Å². The molecule has 0 spiro atoms. The predicted octanol–water partition coefficient (Wildman–Crippen LogP) is 3.19. The van der Waals surface area contributed by atoms with Crippen molar-refractivity contribution >= 4 is 0 Å². The van der Waals surface area contributed by atoms with Crippen LogP contribution in [-0.4, -0.2) is 37.2 Å². The predicted molar refractivity (Wildman–Crippen MR) is 84.2 cm³/mol. The van der Waals surface area contributed by atoms with Crippen LogP contribution in [0.2, 0.25) is 0 Å². The molecule has 0 saturated carbocycles. The lowest BCUT2D eigenvalue weighted by Gasteiger charge is -2.26. The third kappa shape index (κ3) is 5.64. The van der Waals surface area contributed by atoms with Crippen LogP contribution in [0.4, 0.5) is 4.39 Å². The molecular weight excluding hydrogens is 267 g/mol. The van der Waals surface area contributed by atoms with E-state index in [1.807, 2.05) is 6.07 Å². The minimum absolute atomic E-state index is 0.267. The normalized spacial score (nSPS) is 16.4. The van der Waals surface area contributed by atoms with Gasteiger partial charge >= 0.3 is 0 Å². The SMILES string of the molecule is CC(C)NCc1ccc(OCCN2CCCCC2)c(F)c1. The van der Waals surface area contributed by atoms with E-state index in [-0.39, 0.29) is 5.82 Å². The molecule has 0 atom stereocenters. The molecule has 0 radical (unpaired) electrons. The van der Waals surface area contributed by atoms with Crippen LogP contribution in [0.1, 0.15) is 38.7 Å². The number of nitrogens with zero attached hydrogens (tertiary/aromatic N) is 1. The fourth-order valence-electron chi connectivity index (χ4n) is 2.56. The highest BCUT2D eigenvalue weighted by Gasteiger charge is 2.10. The molecule has 1 N–H and O–H groups in total. The van der Waals surface area contributed by atoms with E-state index in [0.29, 0.717) is 24.9 Å². The molecule has 0 aromatic heterocycles. The lowest BCUT2D eigenvalue weighted by atomic mass is 10.1. The standard InChI is InChI=1S/C17H27FN2O/c1-14(2)19-13-15-6-7-17(16(18)12-15)21-11-10-20-8-4-3-5-9-20/h6-7,12,14,19H,3-5,8-11,13H2,1-2H3. The number of halogens is 1. The molecular formula is C17H27FN2O. The van der Waals surface area contributed by atoms with Gasteiger partial charge in [-0.15, -0.1) is 0 Å². The smallest absolute Gasteiger partial charge is 0.165 e. The Morgan fingerprint density at radius 2 is 2.00 bits per heavy atom. The monoisotopic (exact) mass is 294 g/mol. The van der Waals surface area contributed by atoms with Crippen molar-refractivity contribution in [3.8, 4) is 5.75 Å². The van der Waals surface area contributed by atoms with Gasteiger partial charge in [0.05, 0.1) is 0 Å². The topological polar surface area (TPSA) is 24.5 Å². The van der Waals surface area contributed by atoms with Crippen molar-refractivity contribution in [2.45, 2.75) is 45.7 Å². The third-order valence-corrected chi connectivity index (χ3v) is 3.82. The van der Waals surface area contributed by atoms with Gasteiger partial charge in [-0.25, -0.2) is 4.39 Å². The zero-order chi connectivity index (χ0) is 15.1. The summed E-state index contributed by atoms with van der Waals surface area (Å²) >= 11 is 0. The number of likely N-dealkylation sites (tertiary alicyclic amines) is 1. The fourth-order valence-corrected chi connectivity index (χ4v) is 2.56. The second-order valence-corrected chi connectivity index (χ2v) is 6.05. The summed E-state index contributed by atoms with van der Waals surface area (Å²) in [7, 11) is 0. The highest BCUT2D eigenvalue weighted by molar-refractivity contribution is 5.29. The highest BCUT2D eigenvalue weighted by atomic mass is 19.1.